The Hall–Kier alpha value is 0.394. The molecule has 0 aromatic carbocycles. The van der Waals surface area contributed by atoms with E-state index < -0.39 is 16.1 Å². The van der Waals surface area contributed by atoms with Crippen molar-refractivity contribution in [3.05, 3.63) is 0 Å². The van der Waals surface area contributed by atoms with Crippen molar-refractivity contribution < 1.29 is 0 Å². The van der Waals surface area contributed by atoms with Crippen molar-refractivity contribution >= 4 is 16.1 Å². The van der Waals surface area contributed by atoms with Crippen molar-refractivity contribution in [1.29, 1.82) is 0 Å². The van der Waals surface area contributed by atoms with Crippen LogP contribution in [0.15, 0.2) is 0 Å². The van der Waals surface area contributed by atoms with Gasteiger partial charge in [-0.05, 0) is 24.2 Å². The van der Waals surface area contributed by atoms with Gasteiger partial charge in [0.1, 0.15) is 0 Å². The fourth-order valence-corrected chi connectivity index (χ4v) is 5.74. The van der Waals surface area contributed by atoms with Gasteiger partial charge in [-0.15, -0.1) is 0 Å². The molecule has 3 heteroatoms. The predicted molar refractivity (Wildman–Crippen MR) is 66.6 cm³/mol. The summed E-state index contributed by atoms with van der Waals surface area (Å²) in [6, 6.07) is 0. The van der Waals surface area contributed by atoms with E-state index >= 15 is 0 Å². The summed E-state index contributed by atoms with van der Waals surface area (Å²) in [5.41, 5.74) is 1.76. The van der Waals surface area contributed by atoms with Gasteiger partial charge in [0.05, 0.1) is 16.1 Å². The van der Waals surface area contributed by atoms with E-state index in [-0.39, 0.29) is 0 Å². The first-order chi connectivity index (χ1) is 5.71. The van der Waals surface area contributed by atoms with Gasteiger partial charge in [0.25, 0.3) is 0 Å². The predicted octanol–water partition coefficient (Wildman–Crippen LogP) is 2.86. The van der Waals surface area contributed by atoms with E-state index in [9.17, 15) is 0 Å². The average molecular weight is 215 g/mol. The number of hydrogen-bond acceptors (Lipinski definition) is 1. The molecule has 0 unspecified atom stereocenters. The van der Waals surface area contributed by atoms with E-state index in [4.69, 9.17) is 0 Å². The van der Waals surface area contributed by atoms with Crippen molar-refractivity contribution in [3.63, 3.8) is 0 Å². The third-order valence-corrected chi connectivity index (χ3v) is 8.33. The van der Waals surface area contributed by atoms with Crippen LogP contribution >= 0.6 is 0 Å². The third kappa shape index (κ3) is 2.93. The fourth-order valence-electron chi connectivity index (χ4n) is 2.11. The minimum Gasteiger partial charge on any atom is -0.316 e. The van der Waals surface area contributed by atoms with Crippen molar-refractivity contribution in [2.75, 3.05) is 0 Å². The maximum absolute atomic E-state index is 3.89. The Morgan fingerprint density at radius 3 is 1.23 bits per heavy atom. The maximum Gasteiger partial charge on any atom is 0.0635 e. The lowest BCUT2D eigenvalue weighted by molar-refractivity contribution is 0.717. The van der Waals surface area contributed by atoms with Crippen LogP contribution in [0.1, 0.15) is 12.8 Å². The highest BCUT2D eigenvalue weighted by Crippen LogP contribution is 2.25. The topological polar surface area (TPSA) is 12.0 Å². The van der Waals surface area contributed by atoms with Crippen LogP contribution in [0.5, 0.6) is 0 Å². The van der Waals surface area contributed by atoms with Gasteiger partial charge >= 0.3 is 0 Å². The van der Waals surface area contributed by atoms with Crippen LogP contribution in [-0.4, -0.2) is 27.5 Å². The molecule has 1 rings (SSSR count). The van der Waals surface area contributed by atoms with E-state index in [1.54, 1.807) is 0 Å². The van der Waals surface area contributed by atoms with Crippen LogP contribution in [0, 0.1) is 0 Å². The molecule has 0 spiro atoms. The summed E-state index contributed by atoms with van der Waals surface area (Å²) in [5.74, 6) is 0. The second-order valence-corrected chi connectivity index (χ2v) is 17.4. The average Bonchev–Trinajstić information content (AvgIpc) is 2.28. The zero-order chi connectivity index (χ0) is 10.3. The van der Waals surface area contributed by atoms with Gasteiger partial charge in [0.15, 0.2) is 0 Å². The minimum atomic E-state index is -0.934. The Balaban J connectivity index is 2.55. The monoisotopic (exact) mass is 215 g/mol. The summed E-state index contributed by atoms with van der Waals surface area (Å²) in [6.07, 6.45) is 2.87. The standard InChI is InChI=1S/C10H25NSi2/c1-12(2,3)9-7-8-10(11-9)13(4,5)6/h9-11H,7-8H2,1-6H3/t9-,10+. The zero-order valence-corrected chi connectivity index (χ0v) is 12.1. The second kappa shape index (κ2) is 3.52. The molecule has 0 aromatic heterocycles. The lowest BCUT2D eigenvalue weighted by Gasteiger charge is -2.30. The highest BCUT2D eigenvalue weighted by molar-refractivity contribution is 6.79. The van der Waals surface area contributed by atoms with E-state index in [1.807, 2.05) is 0 Å². The molecular formula is C10H25NSi2. The van der Waals surface area contributed by atoms with Crippen LogP contribution in [0.3, 0.4) is 0 Å². The highest BCUT2D eigenvalue weighted by Gasteiger charge is 2.38. The summed E-state index contributed by atoms with van der Waals surface area (Å²) >= 11 is 0. The molecule has 1 heterocycles. The molecule has 1 N–H and O–H groups in total. The summed E-state index contributed by atoms with van der Waals surface area (Å²) in [6.45, 7) is 14.9. The Bertz CT molecular complexity index is 158. The Morgan fingerprint density at radius 2 is 1.08 bits per heavy atom. The molecule has 0 saturated carbocycles. The Labute approximate surface area is 85.3 Å². The molecule has 78 valence electrons. The van der Waals surface area contributed by atoms with Crippen molar-refractivity contribution in [3.8, 4) is 0 Å². The van der Waals surface area contributed by atoms with Crippen LogP contribution in [0.25, 0.3) is 0 Å². The highest BCUT2D eigenvalue weighted by atomic mass is 28.3. The molecule has 13 heavy (non-hydrogen) atoms. The summed E-state index contributed by atoms with van der Waals surface area (Å²) < 4.78 is 0. The first-order valence-corrected chi connectivity index (χ1v) is 12.6. The van der Waals surface area contributed by atoms with Crippen LogP contribution in [0.2, 0.25) is 39.3 Å². The molecule has 1 nitrogen and oxygen atoms in total. The van der Waals surface area contributed by atoms with Gasteiger partial charge in [0.2, 0.25) is 0 Å². The van der Waals surface area contributed by atoms with E-state index in [0.717, 1.165) is 11.3 Å². The third-order valence-electron chi connectivity index (χ3n) is 3.24. The van der Waals surface area contributed by atoms with Crippen molar-refractivity contribution in [1.82, 2.24) is 5.32 Å². The molecule has 1 aliphatic rings. The van der Waals surface area contributed by atoms with Gasteiger partial charge in [-0.2, -0.15) is 0 Å². The van der Waals surface area contributed by atoms with E-state index in [1.165, 1.54) is 12.8 Å². The van der Waals surface area contributed by atoms with Gasteiger partial charge in [-0.25, -0.2) is 0 Å². The van der Waals surface area contributed by atoms with Crippen molar-refractivity contribution in [2.45, 2.75) is 63.5 Å². The molecule has 0 amide bonds. The molecule has 0 aliphatic carbocycles. The summed E-state index contributed by atoms with van der Waals surface area (Å²) in [7, 11) is -1.87. The molecule has 0 radical (unpaired) electrons. The summed E-state index contributed by atoms with van der Waals surface area (Å²) in [4.78, 5) is 0. The lowest BCUT2D eigenvalue weighted by atomic mass is 10.4. The molecule has 1 fully saturated rings. The number of hydrogen-bond donors (Lipinski definition) is 1. The van der Waals surface area contributed by atoms with Gasteiger partial charge in [-0.1, -0.05) is 39.3 Å². The zero-order valence-electron chi connectivity index (χ0n) is 10.1. The van der Waals surface area contributed by atoms with E-state index in [0.29, 0.717) is 0 Å². The van der Waals surface area contributed by atoms with Crippen LogP contribution in [0.4, 0.5) is 0 Å². The first-order valence-electron chi connectivity index (χ1n) is 5.47. The summed E-state index contributed by atoms with van der Waals surface area (Å²) in [5, 5.41) is 3.89. The molecule has 0 aromatic rings. The maximum atomic E-state index is 3.89. The van der Waals surface area contributed by atoms with E-state index in [2.05, 4.69) is 44.6 Å². The van der Waals surface area contributed by atoms with Gasteiger partial charge in [0, 0.05) is 0 Å². The molecule has 1 saturated heterocycles. The van der Waals surface area contributed by atoms with Gasteiger partial charge < -0.3 is 5.32 Å². The lowest BCUT2D eigenvalue weighted by Crippen LogP contribution is -2.53. The number of rotatable bonds is 2. The fraction of sp³-hybridized carbons (Fsp3) is 1.00. The SMILES string of the molecule is C[Si](C)(C)[C@@H]1CC[C@H]([Si](C)(C)C)N1. The molecule has 0 bridgehead atoms. The minimum absolute atomic E-state index is 0.879. The Morgan fingerprint density at radius 1 is 0.769 bits per heavy atom. The normalized spacial score (nSPS) is 30.9. The number of nitrogens with one attached hydrogen (secondary N) is 1. The molecule has 1 aliphatic heterocycles. The van der Waals surface area contributed by atoms with Crippen molar-refractivity contribution in [2.24, 2.45) is 0 Å². The smallest absolute Gasteiger partial charge is 0.0635 e. The second-order valence-electron chi connectivity index (χ2n) is 6.58. The first kappa shape index (κ1) is 11.5. The van der Waals surface area contributed by atoms with Gasteiger partial charge in [-0.3, -0.25) is 0 Å². The van der Waals surface area contributed by atoms with Crippen LogP contribution in [-0.2, 0) is 0 Å². The largest absolute Gasteiger partial charge is 0.316 e. The van der Waals surface area contributed by atoms with Crippen LogP contribution < -0.4 is 5.32 Å². The quantitative estimate of drug-likeness (QED) is 0.699. The molecular weight excluding hydrogens is 190 g/mol. The molecule has 2 atom stereocenters. The Kier molecular flexibility index (Phi) is 3.10.